The highest BCUT2D eigenvalue weighted by Crippen LogP contribution is 2.28. The Bertz CT molecular complexity index is 1320. The van der Waals surface area contributed by atoms with E-state index in [0.29, 0.717) is 10.7 Å². The maximum absolute atomic E-state index is 12.3. The van der Waals surface area contributed by atoms with E-state index in [9.17, 15) is 13.2 Å². The van der Waals surface area contributed by atoms with Gasteiger partial charge in [-0.25, -0.2) is 18.5 Å². The lowest BCUT2D eigenvalue weighted by atomic mass is 10.1. The standard InChI is InChI=1S/C21H18N4O3S2/c22-30(27,28)17-8-4-7-16(12-17)24-25-20(26)13-21-23-18-10-9-15(11-19(18)29-21)14-5-2-1-3-6-14/h1-12,24H,13H2,(H,25,26)(H2,22,27,28). The zero-order valence-electron chi connectivity index (χ0n) is 15.7. The number of amides is 1. The highest BCUT2D eigenvalue weighted by atomic mass is 32.2. The molecule has 9 heteroatoms. The summed E-state index contributed by atoms with van der Waals surface area (Å²) in [7, 11) is -3.81. The number of fused-ring (bicyclic) bond motifs is 1. The smallest absolute Gasteiger partial charge is 0.245 e. The lowest BCUT2D eigenvalue weighted by Crippen LogP contribution is -2.30. The number of primary sulfonamides is 1. The van der Waals surface area contributed by atoms with Gasteiger partial charge in [0.2, 0.25) is 15.9 Å². The molecule has 4 N–H and O–H groups in total. The first-order valence-electron chi connectivity index (χ1n) is 9.01. The van der Waals surface area contributed by atoms with Crippen molar-refractivity contribution in [3.05, 3.63) is 77.8 Å². The van der Waals surface area contributed by atoms with Crippen LogP contribution in [0.2, 0.25) is 0 Å². The van der Waals surface area contributed by atoms with E-state index in [1.54, 1.807) is 6.07 Å². The van der Waals surface area contributed by atoms with Gasteiger partial charge in [0.15, 0.2) is 0 Å². The van der Waals surface area contributed by atoms with Gasteiger partial charge in [-0.15, -0.1) is 11.3 Å². The van der Waals surface area contributed by atoms with Crippen molar-refractivity contribution in [2.75, 3.05) is 5.43 Å². The Labute approximate surface area is 177 Å². The Morgan fingerprint density at radius 2 is 1.77 bits per heavy atom. The molecule has 30 heavy (non-hydrogen) atoms. The molecule has 0 aliphatic carbocycles. The van der Waals surface area contributed by atoms with E-state index < -0.39 is 10.0 Å². The predicted octanol–water partition coefficient (Wildman–Crippen LogP) is 3.30. The average molecular weight is 439 g/mol. The van der Waals surface area contributed by atoms with Gasteiger partial charge in [-0.05, 0) is 41.5 Å². The third-order valence-corrected chi connectivity index (χ3v) is 6.29. The van der Waals surface area contributed by atoms with Crippen LogP contribution in [-0.2, 0) is 21.2 Å². The highest BCUT2D eigenvalue weighted by molar-refractivity contribution is 7.89. The van der Waals surface area contributed by atoms with Crippen LogP contribution >= 0.6 is 11.3 Å². The molecule has 0 spiro atoms. The van der Waals surface area contributed by atoms with Crippen LogP contribution in [0.5, 0.6) is 0 Å². The van der Waals surface area contributed by atoms with Crippen molar-refractivity contribution in [1.29, 1.82) is 0 Å². The fraction of sp³-hybridized carbons (Fsp3) is 0.0476. The van der Waals surface area contributed by atoms with Gasteiger partial charge >= 0.3 is 0 Å². The topological polar surface area (TPSA) is 114 Å². The quantitative estimate of drug-likeness (QED) is 0.400. The molecule has 0 bridgehead atoms. The third-order valence-electron chi connectivity index (χ3n) is 4.36. The normalized spacial score (nSPS) is 11.4. The minimum absolute atomic E-state index is 0.0397. The predicted molar refractivity (Wildman–Crippen MR) is 118 cm³/mol. The van der Waals surface area contributed by atoms with E-state index >= 15 is 0 Å². The maximum Gasteiger partial charge on any atom is 0.245 e. The first-order valence-corrected chi connectivity index (χ1v) is 11.4. The lowest BCUT2D eigenvalue weighted by Gasteiger charge is -2.08. The second-order valence-electron chi connectivity index (χ2n) is 6.58. The molecule has 1 heterocycles. The molecule has 0 saturated carbocycles. The molecule has 0 radical (unpaired) electrons. The van der Waals surface area contributed by atoms with Gasteiger partial charge in [-0.1, -0.05) is 42.5 Å². The molecule has 0 aliphatic rings. The molecule has 0 saturated heterocycles. The van der Waals surface area contributed by atoms with Crippen molar-refractivity contribution >= 4 is 43.2 Å². The van der Waals surface area contributed by atoms with Crippen molar-refractivity contribution in [3.63, 3.8) is 0 Å². The Balaban J connectivity index is 1.43. The SMILES string of the molecule is NS(=O)(=O)c1cccc(NNC(=O)Cc2nc3ccc(-c4ccccc4)cc3s2)c1. The van der Waals surface area contributed by atoms with Crippen LogP contribution in [-0.4, -0.2) is 19.3 Å². The summed E-state index contributed by atoms with van der Waals surface area (Å²) >= 11 is 1.47. The molecule has 0 atom stereocenters. The van der Waals surface area contributed by atoms with Crippen LogP contribution in [0.25, 0.3) is 21.3 Å². The van der Waals surface area contributed by atoms with Crippen molar-refractivity contribution in [2.45, 2.75) is 11.3 Å². The minimum Gasteiger partial charge on any atom is -0.299 e. The number of carbonyl (C=O) groups excluding carboxylic acids is 1. The van der Waals surface area contributed by atoms with Crippen molar-refractivity contribution < 1.29 is 13.2 Å². The Hall–Kier alpha value is -3.27. The van der Waals surface area contributed by atoms with Gasteiger partial charge in [0.25, 0.3) is 0 Å². The fourth-order valence-corrected chi connectivity index (χ4v) is 4.50. The maximum atomic E-state index is 12.3. The lowest BCUT2D eigenvalue weighted by molar-refractivity contribution is -0.119. The summed E-state index contributed by atoms with van der Waals surface area (Å²) in [5.41, 5.74) is 8.72. The number of aromatic nitrogens is 1. The molecule has 0 fully saturated rings. The Morgan fingerprint density at radius 1 is 0.967 bits per heavy atom. The van der Waals surface area contributed by atoms with Crippen LogP contribution in [0.4, 0.5) is 5.69 Å². The van der Waals surface area contributed by atoms with Crippen LogP contribution in [0.1, 0.15) is 5.01 Å². The summed E-state index contributed by atoms with van der Waals surface area (Å²) in [5, 5.41) is 5.81. The number of nitrogens with zero attached hydrogens (tertiary/aromatic N) is 1. The van der Waals surface area contributed by atoms with Gasteiger partial charge in [-0.3, -0.25) is 15.6 Å². The summed E-state index contributed by atoms with van der Waals surface area (Å²) in [5.74, 6) is -0.293. The van der Waals surface area contributed by atoms with Crippen molar-refractivity contribution in [3.8, 4) is 11.1 Å². The first-order chi connectivity index (χ1) is 14.4. The number of rotatable bonds is 6. The largest absolute Gasteiger partial charge is 0.299 e. The third kappa shape index (κ3) is 4.65. The summed E-state index contributed by atoms with van der Waals surface area (Å²) in [4.78, 5) is 16.8. The number of hydrazine groups is 1. The Kier molecular flexibility index (Phi) is 5.49. The van der Waals surface area contributed by atoms with E-state index in [0.717, 1.165) is 21.3 Å². The number of anilines is 1. The van der Waals surface area contributed by atoms with E-state index in [1.165, 1.54) is 29.5 Å². The van der Waals surface area contributed by atoms with Crippen molar-refractivity contribution in [1.82, 2.24) is 10.4 Å². The molecule has 4 aromatic rings. The van der Waals surface area contributed by atoms with Crippen LogP contribution in [0, 0.1) is 0 Å². The van der Waals surface area contributed by atoms with E-state index in [1.807, 2.05) is 42.5 Å². The van der Waals surface area contributed by atoms with Gasteiger partial charge in [0, 0.05) is 0 Å². The molecule has 4 rings (SSSR count). The number of sulfonamides is 1. The van der Waals surface area contributed by atoms with Crippen molar-refractivity contribution in [2.24, 2.45) is 5.14 Å². The summed E-state index contributed by atoms with van der Waals surface area (Å²) in [6.45, 7) is 0. The van der Waals surface area contributed by atoms with Crippen LogP contribution in [0.15, 0.2) is 77.7 Å². The second-order valence-corrected chi connectivity index (χ2v) is 9.26. The zero-order valence-corrected chi connectivity index (χ0v) is 17.3. The summed E-state index contributed by atoms with van der Waals surface area (Å²) in [6.07, 6.45) is 0.0991. The molecule has 1 amide bonds. The van der Waals surface area contributed by atoms with E-state index in [-0.39, 0.29) is 17.2 Å². The number of hydrogen-bond acceptors (Lipinski definition) is 6. The molecule has 7 nitrogen and oxygen atoms in total. The minimum atomic E-state index is -3.81. The highest BCUT2D eigenvalue weighted by Gasteiger charge is 2.11. The number of carbonyl (C=O) groups is 1. The first kappa shape index (κ1) is 20.0. The number of hydrogen-bond donors (Lipinski definition) is 3. The molecular formula is C21H18N4O3S2. The van der Waals surface area contributed by atoms with Gasteiger partial charge in [0.05, 0.1) is 27.2 Å². The Morgan fingerprint density at radius 3 is 2.53 bits per heavy atom. The number of nitrogens with one attached hydrogen (secondary N) is 2. The van der Waals surface area contributed by atoms with E-state index in [2.05, 4.69) is 21.9 Å². The molecule has 0 aliphatic heterocycles. The van der Waals surface area contributed by atoms with Gasteiger partial charge in [0.1, 0.15) is 5.01 Å². The average Bonchev–Trinajstić information content (AvgIpc) is 3.14. The second kappa shape index (κ2) is 8.23. The number of nitrogens with two attached hydrogens (primary N) is 1. The summed E-state index contributed by atoms with van der Waals surface area (Å²) in [6, 6.07) is 22.0. The summed E-state index contributed by atoms with van der Waals surface area (Å²) < 4.78 is 23.8. The molecule has 3 aromatic carbocycles. The van der Waals surface area contributed by atoms with Gasteiger partial charge < -0.3 is 0 Å². The van der Waals surface area contributed by atoms with Gasteiger partial charge in [-0.2, -0.15) is 0 Å². The molecular weight excluding hydrogens is 420 g/mol. The fourth-order valence-electron chi connectivity index (χ4n) is 2.93. The molecule has 1 aromatic heterocycles. The molecule has 0 unspecified atom stereocenters. The number of thiazole rings is 1. The zero-order chi connectivity index (χ0) is 21.1. The number of benzene rings is 3. The van der Waals surface area contributed by atoms with Crippen LogP contribution in [0.3, 0.4) is 0 Å². The van der Waals surface area contributed by atoms with E-state index in [4.69, 9.17) is 5.14 Å². The van der Waals surface area contributed by atoms with Crippen LogP contribution < -0.4 is 16.0 Å². The monoisotopic (exact) mass is 438 g/mol. The molecule has 152 valence electrons.